The highest BCUT2D eigenvalue weighted by atomic mass is 16.5. The fraction of sp³-hybridized carbons (Fsp3) is 0.933. The summed E-state index contributed by atoms with van der Waals surface area (Å²) >= 11 is 0. The SMILES string of the molecule is CC(C)OC[C@]12CCCN1[C@@H](COC(=N)N(C)C)CC2. The van der Waals surface area contributed by atoms with Gasteiger partial charge in [-0.3, -0.25) is 10.3 Å². The molecule has 0 aliphatic carbocycles. The quantitative estimate of drug-likeness (QED) is 0.618. The summed E-state index contributed by atoms with van der Waals surface area (Å²) in [6.07, 6.45) is 5.14. The molecule has 2 atom stereocenters. The van der Waals surface area contributed by atoms with Crippen LogP contribution in [-0.2, 0) is 9.47 Å². The van der Waals surface area contributed by atoms with Gasteiger partial charge in [0, 0.05) is 25.7 Å². The molecule has 2 aliphatic rings. The molecule has 5 nitrogen and oxygen atoms in total. The number of nitrogens with one attached hydrogen (secondary N) is 1. The first kappa shape index (κ1) is 15.6. The number of fused-ring (bicyclic) bond motifs is 1. The zero-order chi connectivity index (χ0) is 14.8. The molecule has 0 spiro atoms. The van der Waals surface area contributed by atoms with Gasteiger partial charge >= 0.3 is 0 Å². The Morgan fingerprint density at radius 2 is 2.15 bits per heavy atom. The summed E-state index contributed by atoms with van der Waals surface area (Å²) in [5, 5.41) is 7.74. The molecule has 0 aromatic heterocycles. The fourth-order valence-electron chi connectivity index (χ4n) is 3.42. The van der Waals surface area contributed by atoms with Gasteiger partial charge in [-0.05, 0) is 46.1 Å². The van der Waals surface area contributed by atoms with Gasteiger partial charge in [-0.2, -0.15) is 0 Å². The molecule has 1 N–H and O–H groups in total. The highest BCUT2D eigenvalue weighted by Crippen LogP contribution is 2.42. The number of hydrogen-bond acceptors (Lipinski definition) is 4. The van der Waals surface area contributed by atoms with Crippen LogP contribution in [0.2, 0.25) is 0 Å². The Morgan fingerprint density at radius 3 is 2.80 bits per heavy atom. The van der Waals surface area contributed by atoms with E-state index in [9.17, 15) is 0 Å². The van der Waals surface area contributed by atoms with E-state index in [2.05, 4.69) is 18.7 Å². The molecular weight excluding hydrogens is 254 g/mol. The molecule has 116 valence electrons. The van der Waals surface area contributed by atoms with Crippen LogP contribution >= 0.6 is 0 Å². The van der Waals surface area contributed by atoms with Crippen molar-refractivity contribution < 1.29 is 9.47 Å². The molecule has 0 radical (unpaired) electrons. The predicted octanol–water partition coefficient (Wildman–Crippen LogP) is 1.92. The topological polar surface area (TPSA) is 48.8 Å². The number of amidine groups is 1. The van der Waals surface area contributed by atoms with Gasteiger partial charge in [0.05, 0.1) is 12.7 Å². The van der Waals surface area contributed by atoms with Crippen LogP contribution in [0.25, 0.3) is 0 Å². The lowest BCUT2D eigenvalue weighted by Gasteiger charge is -2.35. The van der Waals surface area contributed by atoms with Crippen molar-refractivity contribution in [3.05, 3.63) is 0 Å². The van der Waals surface area contributed by atoms with Crippen molar-refractivity contribution in [2.45, 2.75) is 57.2 Å². The highest BCUT2D eigenvalue weighted by molar-refractivity contribution is 5.69. The van der Waals surface area contributed by atoms with Gasteiger partial charge in [-0.1, -0.05) is 0 Å². The molecule has 0 unspecified atom stereocenters. The maximum absolute atomic E-state index is 7.74. The standard InChI is InChI=1S/C15H29N3O2/c1-12(2)20-11-15-7-5-9-18(15)13(6-8-15)10-19-14(16)17(3)4/h12-13,16H,5-11H2,1-4H3/t13-,15-/m1/s1. The van der Waals surface area contributed by atoms with Gasteiger partial charge in [-0.15, -0.1) is 0 Å². The Hall–Kier alpha value is -0.810. The third-order valence-corrected chi connectivity index (χ3v) is 4.54. The molecule has 5 heteroatoms. The van der Waals surface area contributed by atoms with E-state index < -0.39 is 0 Å². The third-order valence-electron chi connectivity index (χ3n) is 4.54. The lowest BCUT2D eigenvalue weighted by Crippen LogP contribution is -2.47. The van der Waals surface area contributed by atoms with Crippen molar-refractivity contribution in [2.75, 3.05) is 33.9 Å². The third kappa shape index (κ3) is 3.26. The molecule has 2 saturated heterocycles. The Balaban J connectivity index is 1.90. The van der Waals surface area contributed by atoms with Crippen LogP contribution in [0.1, 0.15) is 39.5 Å². The zero-order valence-electron chi connectivity index (χ0n) is 13.3. The van der Waals surface area contributed by atoms with E-state index in [1.54, 1.807) is 4.90 Å². The summed E-state index contributed by atoms with van der Waals surface area (Å²) in [5.74, 6) is 0. The second-order valence-corrected chi connectivity index (χ2v) is 6.58. The van der Waals surface area contributed by atoms with Crippen molar-refractivity contribution >= 4 is 6.02 Å². The average molecular weight is 283 g/mol. The monoisotopic (exact) mass is 283 g/mol. The molecule has 2 heterocycles. The number of hydrogen-bond donors (Lipinski definition) is 1. The maximum atomic E-state index is 7.74. The van der Waals surface area contributed by atoms with Gasteiger partial charge in [-0.25, -0.2) is 0 Å². The summed E-state index contributed by atoms with van der Waals surface area (Å²) in [7, 11) is 3.68. The molecule has 0 saturated carbocycles. The number of rotatable bonds is 5. The molecule has 0 amide bonds. The summed E-state index contributed by atoms with van der Waals surface area (Å²) in [5.41, 5.74) is 0.235. The molecule has 2 rings (SSSR count). The first-order valence-electron chi connectivity index (χ1n) is 7.72. The number of ether oxygens (including phenoxy) is 2. The van der Waals surface area contributed by atoms with Crippen LogP contribution in [-0.4, -0.2) is 67.4 Å². The minimum absolute atomic E-state index is 0.235. The van der Waals surface area contributed by atoms with Crippen molar-refractivity contribution in [1.82, 2.24) is 9.80 Å². The molecular formula is C15H29N3O2. The van der Waals surface area contributed by atoms with Crippen molar-refractivity contribution in [3.8, 4) is 0 Å². The van der Waals surface area contributed by atoms with Crippen molar-refractivity contribution in [2.24, 2.45) is 0 Å². The van der Waals surface area contributed by atoms with Gasteiger partial charge in [0.25, 0.3) is 6.02 Å². The largest absolute Gasteiger partial charge is 0.464 e. The molecule has 0 aromatic carbocycles. The van der Waals surface area contributed by atoms with Crippen LogP contribution in [0.5, 0.6) is 0 Å². The van der Waals surface area contributed by atoms with Crippen molar-refractivity contribution in [3.63, 3.8) is 0 Å². The molecule has 2 aliphatic heterocycles. The minimum atomic E-state index is 0.235. The second kappa shape index (κ2) is 6.31. The van der Waals surface area contributed by atoms with Crippen LogP contribution in [0.3, 0.4) is 0 Å². The van der Waals surface area contributed by atoms with E-state index in [0.717, 1.165) is 19.6 Å². The van der Waals surface area contributed by atoms with Crippen LogP contribution in [0.15, 0.2) is 0 Å². The van der Waals surface area contributed by atoms with E-state index >= 15 is 0 Å². The minimum Gasteiger partial charge on any atom is -0.464 e. The smallest absolute Gasteiger partial charge is 0.283 e. The molecule has 0 bridgehead atoms. The van der Waals surface area contributed by atoms with Crippen LogP contribution in [0.4, 0.5) is 0 Å². The van der Waals surface area contributed by atoms with Gasteiger partial charge < -0.3 is 14.4 Å². The Morgan fingerprint density at radius 1 is 1.40 bits per heavy atom. The van der Waals surface area contributed by atoms with E-state index in [1.165, 1.54) is 19.3 Å². The van der Waals surface area contributed by atoms with Gasteiger partial charge in [0.15, 0.2) is 0 Å². The van der Waals surface area contributed by atoms with E-state index in [4.69, 9.17) is 14.9 Å². The number of nitrogens with zero attached hydrogens (tertiary/aromatic N) is 2. The van der Waals surface area contributed by atoms with Crippen LogP contribution in [0, 0.1) is 5.41 Å². The Labute approximate surface area is 122 Å². The summed E-state index contributed by atoms with van der Waals surface area (Å²) in [6, 6.07) is 0.689. The first-order valence-corrected chi connectivity index (χ1v) is 7.72. The van der Waals surface area contributed by atoms with Gasteiger partial charge in [0.1, 0.15) is 6.61 Å². The zero-order valence-corrected chi connectivity index (χ0v) is 13.3. The molecule has 2 fully saturated rings. The predicted molar refractivity (Wildman–Crippen MR) is 80.1 cm³/mol. The first-order chi connectivity index (χ1) is 9.44. The van der Waals surface area contributed by atoms with E-state index in [-0.39, 0.29) is 11.6 Å². The van der Waals surface area contributed by atoms with Crippen molar-refractivity contribution in [1.29, 1.82) is 5.41 Å². The van der Waals surface area contributed by atoms with Crippen LogP contribution < -0.4 is 0 Å². The summed E-state index contributed by atoms with van der Waals surface area (Å²) < 4.78 is 11.5. The molecule has 0 aromatic rings. The molecule has 20 heavy (non-hydrogen) atoms. The second-order valence-electron chi connectivity index (χ2n) is 6.58. The van der Waals surface area contributed by atoms with E-state index in [1.807, 2.05) is 14.1 Å². The summed E-state index contributed by atoms with van der Waals surface area (Å²) in [4.78, 5) is 4.28. The lowest BCUT2D eigenvalue weighted by molar-refractivity contribution is -0.0100. The normalized spacial score (nSPS) is 29.8. The highest BCUT2D eigenvalue weighted by Gasteiger charge is 2.49. The maximum Gasteiger partial charge on any atom is 0.283 e. The Kier molecular flexibility index (Phi) is 4.91. The Bertz CT molecular complexity index is 346. The van der Waals surface area contributed by atoms with Gasteiger partial charge in [0.2, 0.25) is 0 Å². The van der Waals surface area contributed by atoms with E-state index in [0.29, 0.717) is 18.8 Å². The summed E-state index contributed by atoms with van der Waals surface area (Å²) in [6.45, 7) is 6.81. The average Bonchev–Trinajstić information content (AvgIpc) is 2.92. The lowest BCUT2D eigenvalue weighted by atomic mass is 9.95. The fourth-order valence-corrected chi connectivity index (χ4v) is 3.42.